The molecule has 0 aliphatic heterocycles. The average molecular weight is 378 g/mol. The second kappa shape index (κ2) is 5.80. The smallest absolute Gasteiger partial charge is 0.166 e. The molecule has 0 aromatic heterocycles. The van der Waals surface area contributed by atoms with Crippen LogP contribution in [0.5, 0.6) is 5.75 Å². The monoisotopic (exact) mass is 376 g/mol. The van der Waals surface area contributed by atoms with Crippen LogP contribution in [-0.2, 0) is 6.61 Å². The molecule has 2 rings (SSSR count). The predicted molar refractivity (Wildman–Crippen MR) is 72.5 cm³/mol. The van der Waals surface area contributed by atoms with E-state index in [0.29, 0.717) is 8.95 Å². The molecular formula is C13H8Br2F2O. The second-order valence-electron chi connectivity index (χ2n) is 3.61. The third-order valence-corrected chi connectivity index (χ3v) is 3.37. The van der Waals surface area contributed by atoms with E-state index in [-0.39, 0.29) is 18.2 Å². The highest BCUT2D eigenvalue weighted by Gasteiger charge is 2.05. The van der Waals surface area contributed by atoms with Crippen molar-refractivity contribution < 1.29 is 13.5 Å². The van der Waals surface area contributed by atoms with Gasteiger partial charge in [-0.3, -0.25) is 0 Å². The summed E-state index contributed by atoms with van der Waals surface area (Å²) >= 11 is 6.25. The van der Waals surface area contributed by atoms with Crippen LogP contribution in [0.3, 0.4) is 0 Å². The minimum absolute atomic E-state index is 0.165. The fraction of sp³-hybridized carbons (Fsp3) is 0.0769. The van der Waals surface area contributed by atoms with Gasteiger partial charge in [-0.25, -0.2) is 8.78 Å². The first-order chi connectivity index (χ1) is 8.56. The van der Waals surface area contributed by atoms with Crippen LogP contribution in [0.2, 0.25) is 0 Å². The molecule has 0 amide bonds. The Hall–Kier alpha value is -0.940. The summed E-state index contributed by atoms with van der Waals surface area (Å²) in [6.45, 7) is 0.178. The summed E-state index contributed by atoms with van der Waals surface area (Å²) in [7, 11) is 0. The van der Waals surface area contributed by atoms with E-state index in [1.807, 2.05) is 0 Å². The summed E-state index contributed by atoms with van der Waals surface area (Å²) in [4.78, 5) is 0. The first-order valence-corrected chi connectivity index (χ1v) is 6.66. The zero-order valence-electron chi connectivity index (χ0n) is 9.09. The van der Waals surface area contributed by atoms with E-state index >= 15 is 0 Å². The molecule has 0 unspecified atom stereocenters. The Morgan fingerprint density at radius 1 is 0.944 bits per heavy atom. The van der Waals surface area contributed by atoms with Crippen LogP contribution in [0, 0.1) is 11.6 Å². The van der Waals surface area contributed by atoms with Crippen molar-refractivity contribution in [1.82, 2.24) is 0 Å². The molecular weight excluding hydrogens is 370 g/mol. The summed E-state index contributed by atoms with van der Waals surface area (Å²) in [5, 5.41) is 0. The molecule has 0 N–H and O–H groups in total. The standard InChI is InChI=1S/C13H8Br2F2O/c14-9-2-4-13(12(17)6-9)18-7-8-1-3-11(16)10(15)5-8/h1-6H,7H2. The van der Waals surface area contributed by atoms with Gasteiger partial charge in [0.05, 0.1) is 4.47 Å². The maximum atomic E-state index is 13.5. The normalized spacial score (nSPS) is 10.4. The predicted octanol–water partition coefficient (Wildman–Crippen LogP) is 5.07. The SMILES string of the molecule is Fc1ccc(COc2ccc(Br)cc2F)cc1Br. The topological polar surface area (TPSA) is 9.23 Å². The minimum Gasteiger partial charge on any atom is -0.486 e. The number of hydrogen-bond donors (Lipinski definition) is 0. The van der Waals surface area contributed by atoms with Gasteiger partial charge in [0, 0.05) is 4.47 Å². The lowest BCUT2D eigenvalue weighted by Gasteiger charge is -2.08. The molecule has 0 spiro atoms. The molecule has 0 aliphatic carbocycles. The van der Waals surface area contributed by atoms with Crippen LogP contribution in [0.15, 0.2) is 45.3 Å². The van der Waals surface area contributed by atoms with Gasteiger partial charge in [0.2, 0.25) is 0 Å². The Labute approximate surface area is 120 Å². The Kier molecular flexibility index (Phi) is 4.35. The van der Waals surface area contributed by atoms with Gasteiger partial charge in [-0.2, -0.15) is 0 Å². The fourth-order valence-electron chi connectivity index (χ4n) is 1.38. The lowest BCUT2D eigenvalue weighted by Crippen LogP contribution is -1.98. The molecule has 0 radical (unpaired) electrons. The van der Waals surface area contributed by atoms with Gasteiger partial charge in [-0.05, 0) is 51.8 Å². The molecule has 0 saturated heterocycles. The lowest BCUT2D eigenvalue weighted by molar-refractivity contribution is 0.290. The quantitative estimate of drug-likeness (QED) is 0.725. The third kappa shape index (κ3) is 3.29. The van der Waals surface area contributed by atoms with Crippen molar-refractivity contribution in [1.29, 1.82) is 0 Å². The highest BCUT2D eigenvalue weighted by molar-refractivity contribution is 9.10. The summed E-state index contributed by atoms with van der Waals surface area (Å²) < 4.78 is 32.8. The summed E-state index contributed by atoms with van der Waals surface area (Å²) in [5.41, 5.74) is 0.755. The third-order valence-electron chi connectivity index (χ3n) is 2.27. The molecule has 1 nitrogen and oxygen atoms in total. The molecule has 94 valence electrons. The molecule has 5 heteroatoms. The largest absolute Gasteiger partial charge is 0.486 e. The molecule has 0 atom stereocenters. The van der Waals surface area contributed by atoms with Crippen LogP contribution in [-0.4, -0.2) is 0 Å². The van der Waals surface area contributed by atoms with Crippen LogP contribution in [0.4, 0.5) is 8.78 Å². The minimum atomic E-state index is -0.439. The average Bonchev–Trinajstić information content (AvgIpc) is 2.32. The molecule has 2 aromatic rings. The van der Waals surface area contributed by atoms with Crippen molar-refractivity contribution in [2.75, 3.05) is 0 Å². The van der Waals surface area contributed by atoms with Gasteiger partial charge >= 0.3 is 0 Å². The van der Waals surface area contributed by atoms with Crippen molar-refractivity contribution in [3.8, 4) is 5.75 Å². The van der Waals surface area contributed by atoms with Crippen LogP contribution < -0.4 is 4.74 Å². The number of hydrogen-bond acceptors (Lipinski definition) is 1. The molecule has 0 saturated carbocycles. The Bertz CT molecular complexity index is 573. The van der Waals surface area contributed by atoms with Crippen molar-refractivity contribution in [3.05, 3.63) is 62.5 Å². The van der Waals surface area contributed by atoms with Gasteiger partial charge < -0.3 is 4.74 Å². The fourth-order valence-corrected chi connectivity index (χ4v) is 2.14. The molecule has 0 heterocycles. The maximum Gasteiger partial charge on any atom is 0.166 e. The molecule has 0 aliphatic rings. The van der Waals surface area contributed by atoms with Gasteiger partial charge in [-0.1, -0.05) is 22.0 Å². The molecule has 18 heavy (non-hydrogen) atoms. The molecule has 0 fully saturated rings. The van der Waals surface area contributed by atoms with E-state index in [1.165, 1.54) is 18.2 Å². The summed E-state index contributed by atoms with van der Waals surface area (Å²) in [6.07, 6.45) is 0. The number of rotatable bonds is 3. The zero-order valence-corrected chi connectivity index (χ0v) is 12.3. The van der Waals surface area contributed by atoms with E-state index in [4.69, 9.17) is 4.74 Å². The Balaban J connectivity index is 2.09. The van der Waals surface area contributed by atoms with Crippen molar-refractivity contribution >= 4 is 31.9 Å². The van der Waals surface area contributed by atoms with Crippen LogP contribution >= 0.6 is 31.9 Å². The summed E-state index contributed by atoms with van der Waals surface area (Å²) in [6, 6.07) is 9.09. The van der Waals surface area contributed by atoms with Crippen molar-refractivity contribution in [2.24, 2.45) is 0 Å². The first kappa shape index (κ1) is 13.5. The Morgan fingerprint density at radius 2 is 1.72 bits per heavy atom. The number of halogens is 4. The van der Waals surface area contributed by atoms with Crippen molar-refractivity contribution in [2.45, 2.75) is 6.61 Å². The number of benzene rings is 2. The highest BCUT2D eigenvalue weighted by Crippen LogP contribution is 2.23. The molecule has 2 aromatic carbocycles. The van der Waals surface area contributed by atoms with Gasteiger partial charge in [0.25, 0.3) is 0 Å². The highest BCUT2D eigenvalue weighted by atomic mass is 79.9. The van der Waals surface area contributed by atoms with Crippen LogP contribution in [0.25, 0.3) is 0 Å². The second-order valence-corrected chi connectivity index (χ2v) is 5.38. The van der Waals surface area contributed by atoms with E-state index < -0.39 is 5.82 Å². The lowest BCUT2D eigenvalue weighted by atomic mass is 10.2. The van der Waals surface area contributed by atoms with E-state index in [0.717, 1.165) is 5.56 Å². The summed E-state index contributed by atoms with van der Waals surface area (Å²) in [5.74, 6) is -0.613. The van der Waals surface area contributed by atoms with Gasteiger partial charge in [0.15, 0.2) is 11.6 Å². The number of ether oxygens (including phenoxy) is 1. The first-order valence-electron chi connectivity index (χ1n) is 5.08. The van der Waals surface area contributed by atoms with E-state index in [2.05, 4.69) is 31.9 Å². The molecule has 0 bridgehead atoms. The van der Waals surface area contributed by atoms with Crippen LogP contribution in [0.1, 0.15) is 5.56 Å². The maximum absolute atomic E-state index is 13.5. The van der Waals surface area contributed by atoms with Crippen molar-refractivity contribution in [3.63, 3.8) is 0 Å². The Morgan fingerprint density at radius 3 is 2.39 bits per heavy atom. The van der Waals surface area contributed by atoms with E-state index in [9.17, 15) is 8.78 Å². The van der Waals surface area contributed by atoms with E-state index in [1.54, 1.807) is 18.2 Å². The zero-order chi connectivity index (χ0) is 13.1. The van der Waals surface area contributed by atoms with Gasteiger partial charge in [0.1, 0.15) is 12.4 Å². The van der Waals surface area contributed by atoms with Gasteiger partial charge in [-0.15, -0.1) is 0 Å².